The second-order valence-electron chi connectivity index (χ2n) is 5.28. The summed E-state index contributed by atoms with van der Waals surface area (Å²) in [6, 6.07) is 3.42. The molecule has 1 aromatic rings. The summed E-state index contributed by atoms with van der Waals surface area (Å²) in [7, 11) is 1.33. The number of hydrogen-bond acceptors (Lipinski definition) is 6. The van der Waals surface area contributed by atoms with Crippen LogP contribution in [0.3, 0.4) is 0 Å². The molecule has 1 aliphatic heterocycles. The molecule has 2 heterocycles. The van der Waals surface area contributed by atoms with Crippen molar-refractivity contribution >= 4 is 17.8 Å². The van der Waals surface area contributed by atoms with E-state index in [9.17, 15) is 9.59 Å². The minimum absolute atomic E-state index is 0.307. The van der Waals surface area contributed by atoms with E-state index in [1.54, 1.807) is 19.1 Å². The summed E-state index contributed by atoms with van der Waals surface area (Å²) in [5, 5.41) is 8.63. The first kappa shape index (κ1) is 15.2. The number of carboxylic acids is 1. The summed E-state index contributed by atoms with van der Waals surface area (Å²) in [6.07, 6.45) is 0. The van der Waals surface area contributed by atoms with Crippen molar-refractivity contribution in [2.75, 3.05) is 31.7 Å². The molecule has 0 amide bonds. The number of anilines is 1. The van der Waals surface area contributed by atoms with Crippen LogP contribution in [0.25, 0.3) is 0 Å². The van der Waals surface area contributed by atoms with E-state index in [1.165, 1.54) is 7.11 Å². The monoisotopic (exact) mass is 294 g/mol. The van der Waals surface area contributed by atoms with Crippen molar-refractivity contribution in [3.05, 3.63) is 23.4 Å². The van der Waals surface area contributed by atoms with Gasteiger partial charge in [0.25, 0.3) is 0 Å². The van der Waals surface area contributed by atoms with Crippen molar-refractivity contribution in [2.24, 2.45) is 0 Å². The number of esters is 1. The average molecular weight is 294 g/mol. The van der Waals surface area contributed by atoms with Crippen molar-refractivity contribution in [1.82, 2.24) is 4.98 Å². The van der Waals surface area contributed by atoms with E-state index >= 15 is 0 Å². The molecule has 0 aromatic carbocycles. The molecule has 0 atom stereocenters. The Kier molecular flexibility index (Phi) is 4.13. The Balaban J connectivity index is 2.01. The maximum absolute atomic E-state index is 11.5. The van der Waals surface area contributed by atoms with Crippen molar-refractivity contribution in [3.8, 4) is 0 Å². The zero-order chi connectivity index (χ0) is 15.6. The Bertz CT molecular complexity index is 566. The number of carboxylic acid groups (broad SMARTS) is 1. The zero-order valence-corrected chi connectivity index (χ0v) is 12.3. The van der Waals surface area contributed by atoms with Gasteiger partial charge in [0.15, 0.2) is 0 Å². The van der Waals surface area contributed by atoms with Gasteiger partial charge in [-0.05, 0) is 26.0 Å². The fourth-order valence-corrected chi connectivity index (χ4v) is 2.30. The van der Waals surface area contributed by atoms with Crippen LogP contribution in [0.1, 0.15) is 23.0 Å². The summed E-state index contributed by atoms with van der Waals surface area (Å²) >= 11 is 0. The lowest BCUT2D eigenvalue weighted by Gasteiger charge is -2.48. The molecule has 0 saturated carbocycles. The molecule has 0 radical (unpaired) electrons. The SMILES string of the molecule is COC(=O)c1ccc(N2CC(C)(OCC(=O)O)C2)nc1C. The second kappa shape index (κ2) is 5.69. The lowest BCUT2D eigenvalue weighted by Crippen LogP contribution is -2.62. The Labute approximate surface area is 122 Å². The summed E-state index contributed by atoms with van der Waals surface area (Å²) in [5.41, 5.74) is 0.556. The lowest BCUT2D eigenvalue weighted by atomic mass is 9.96. The predicted molar refractivity (Wildman–Crippen MR) is 74.5 cm³/mol. The normalized spacial score (nSPS) is 16.2. The van der Waals surface area contributed by atoms with Crippen LogP contribution >= 0.6 is 0 Å². The highest BCUT2D eigenvalue weighted by Gasteiger charge is 2.41. The smallest absolute Gasteiger partial charge is 0.339 e. The third-order valence-electron chi connectivity index (χ3n) is 3.40. The molecule has 1 saturated heterocycles. The Morgan fingerprint density at radius 3 is 2.62 bits per heavy atom. The van der Waals surface area contributed by atoms with Crippen LogP contribution < -0.4 is 4.90 Å². The predicted octanol–water partition coefficient (Wildman–Crippen LogP) is 0.857. The molecule has 1 fully saturated rings. The number of aromatic nitrogens is 1. The van der Waals surface area contributed by atoms with Crippen LogP contribution in [-0.2, 0) is 14.3 Å². The molecular weight excluding hydrogens is 276 g/mol. The van der Waals surface area contributed by atoms with Gasteiger partial charge in [0.1, 0.15) is 18.0 Å². The third kappa shape index (κ3) is 3.30. The second-order valence-corrected chi connectivity index (χ2v) is 5.28. The highest BCUT2D eigenvalue weighted by molar-refractivity contribution is 5.90. The Morgan fingerprint density at radius 2 is 2.10 bits per heavy atom. The summed E-state index contributed by atoms with van der Waals surface area (Å²) < 4.78 is 10.0. The van der Waals surface area contributed by atoms with Crippen LogP contribution in [-0.4, -0.2) is 54.4 Å². The van der Waals surface area contributed by atoms with Gasteiger partial charge in [-0.3, -0.25) is 0 Å². The van der Waals surface area contributed by atoms with E-state index in [0.29, 0.717) is 24.3 Å². The number of methoxy groups -OCH3 is 1. The van der Waals surface area contributed by atoms with Gasteiger partial charge < -0.3 is 19.5 Å². The van der Waals surface area contributed by atoms with E-state index in [4.69, 9.17) is 9.84 Å². The van der Waals surface area contributed by atoms with E-state index in [1.807, 2.05) is 11.8 Å². The molecular formula is C14H18N2O5. The third-order valence-corrected chi connectivity index (χ3v) is 3.40. The Hall–Kier alpha value is -2.15. The van der Waals surface area contributed by atoms with E-state index in [-0.39, 0.29) is 6.61 Å². The molecule has 1 aliphatic rings. The molecule has 1 aromatic heterocycles. The van der Waals surface area contributed by atoms with Gasteiger partial charge in [0, 0.05) is 13.1 Å². The van der Waals surface area contributed by atoms with Crippen LogP contribution in [0.15, 0.2) is 12.1 Å². The molecule has 7 heteroatoms. The van der Waals surface area contributed by atoms with E-state index in [0.717, 1.165) is 5.82 Å². The highest BCUT2D eigenvalue weighted by Crippen LogP contribution is 2.29. The first-order valence-electron chi connectivity index (χ1n) is 6.51. The minimum Gasteiger partial charge on any atom is -0.480 e. The molecule has 1 N–H and O–H groups in total. The number of aliphatic carboxylic acids is 1. The van der Waals surface area contributed by atoms with Crippen molar-refractivity contribution in [2.45, 2.75) is 19.4 Å². The number of rotatable bonds is 5. The minimum atomic E-state index is -0.980. The molecule has 0 unspecified atom stereocenters. The number of carbonyl (C=O) groups is 2. The molecule has 2 rings (SSSR count). The van der Waals surface area contributed by atoms with Crippen LogP contribution in [0.5, 0.6) is 0 Å². The van der Waals surface area contributed by atoms with Crippen molar-refractivity contribution in [1.29, 1.82) is 0 Å². The molecule has 0 aliphatic carbocycles. The van der Waals surface area contributed by atoms with E-state index < -0.39 is 17.5 Å². The quantitative estimate of drug-likeness (QED) is 0.805. The first-order valence-corrected chi connectivity index (χ1v) is 6.51. The molecule has 114 valence electrons. The van der Waals surface area contributed by atoms with Crippen LogP contribution in [0.2, 0.25) is 0 Å². The number of aryl methyl sites for hydroxylation is 1. The molecule has 7 nitrogen and oxygen atoms in total. The average Bonchev–Trinajstić information content (AvgIpc) is 2.41. The molecule has 0 bridgehead atoms. The summed E-state index contributed by atoms with van der Waals surface area (Å²) in [6.45, 7) is 4.42. The summed E-state index contributed by atoms with van der Waals surface area (Å²) in [4.78, 5) is 28.4. The topological polar surface area (TPSA) is 89.0 Å². The van der Waals surface area contributed by atoms with Gasteiger partial charge in [-0.25, -0.2) is 14.6 Å². The standard InChI is InChI=1S/C14H18N2O5/c1-9-10(13(19)20-3)4-5-11(15-9)16-7-14(2,8-16)21-6-12(17)18/h4-5H,6-8H2,1-3H3,(H,17,18). The van der Waals surface area contributed by atoms with Gasteiger partial charge in [-0.15, -0.1) is 0 Å². The van der Waals surface area contributed by atoms with Gasteiger partial charge in [0.05, 0.1) is 18.4 Å². The van der Waals surface area contributed by atoms with Gasteiger partial charge in [0.2, 0.25) is 0 Å². The zero-order valence-electron chi connectivity index (χ0n) is 12.3. The summed E-state index contributed by atoms with van der Waals surface area (Å²) in [5.74, 6) is -0.660. The molecule has 21 heavy (non-hydrogen) atoms. The van der Waals surface area contributed by atoms with Gasteiger partial charge >= 0.3 is 11.9 Å². The largest absolute Gasteiger partial charge is 0.480 e. The van der Waals surface area contributed by atoms with Gasteiger partial charge in [-0.1, -0.05) is 0 Å². The maximum Gasteiger partial charge on any atom is 0.339 e. The number of hydrogen-bond donors (Lipinski definition) is 1. The van der Waals surface area contributed by atoms with Crippen molar-refractivity contribution in [3.63, 3.8) is 0 Å². The van der Waals surface area contributed by atoms with Crippen molar-refractivity contribution < 1.29 is 24.2 Å². The maximum atomic E-state index is 11.5. The number of ether oxygens (including phenoxy) is 2. The number of carbonyl (C=O) groups excluding carboxylic acids is 1. The first-order chi connectivity index (χ1) is 9.84. The Morgan fingerprint density at radius 1 is 1.43 bits per heavy atom. The number of pyridine rings is 1. The van der Waals surface area contributed by atoms with Gasteiger partial charge in [-0.2, -0.15) is 0 Å². The highest BCUT2D eigenvalue weighted by atomic mass is 16.5. The van der Waals surface area contributed by atoms with Crippen LogP contribution in [0.4, 0.5) is 5.82 Å². The lowest BCUT2D eigenvalue weighted by molar-refractivity contribution is -0.150. The fraction of sp³-hybridized carbons (Fsp3) is 0.500. The van der Waals surface area contributed by atoms with Crippen LogP contribution in [0, 0.1) is 6.92 Å². The fourth-order valence-electron chi connectivity index (χ4n) is 2.30. The van der Waals surface area contributed by atoms with E-state index in [2.05, 4.69) is 9.72 Å². The molecule has 0 spiro atoms. The number of nitrogens with zero attached hydrogens (tertiary/aromatic N) is 2.